The highest BCUT2D eigenvalue weighted by atomic mass is 32.1. The number of carbonyl (C=O) groups excluding carboxylic acids is 1. The van der Waals surface area contributed by atoms with Crippen molar-refractivity contribution >= 4 is 23.2 Å². The molecule has 110 valence electrons. The van der Waals surface area contributed by atoms with Crippen molar-refractivity contribution in [2.24, 2.45) is 0 Å². The summed E-state index contributed by atoms with van der Waals surface area (Å²) in [5.41, 5.74) is 4.76. The van der Waals surface area contributed by atoms with Gasteiger partial charge in [-0.25, -0.2) is 8.78 Å². The van der Waals surface area contributed by atoms with Crippen LogP contribution in [0.5, 0.6) is 5.75 Å². The Morgan fingerprint density at radius 2 is 2.10 bits per heavy atom. The van der Waals surface area contributed by atoms with Crippen LogP contribution in [0.2, 0.25) is 0 Å². The van der Waals surface area contributed by atoms with E-state index in [1.807, 2.05) is 6.92 Å². The fourth-order valence-corrected chi connectivity index (χ4v) is 1.43. The average Bonchev–Trinajstić information content (AvgIpc) is 2.39. The first-order valence-corrected chi connectivity index (χ1v) is 6.30. The molecule has 0 aliphatic carbocycles. The van der Waals surface area contributed by atoms with Crippen molar-refractivity contribution in [2.45, 2.75) is 20.0 Å². The summed E-state index contributed by atoms with van der Waals surface area (Å²) in [5, 5.41) is 3.02. The van der Waals surface area contributed by atoms with Crippen LogP contribution >= 0.6 is 12.2 Å². The second-order valence-electron chi connectivity index (χ2n) is 3.81. The van der Waals surface area contributed by atoms with E-state index in [-0.39, 0.29) is 10.9 Å². The zero-order valence-corrected chi connectivity index (χ0v) is 11.8. The zero-order valence-electron chi connectivity index (χ0n) is 11.0. The van der Waals surface area contributed by atoms with E-state index in [4.69, 9.17) is 17.0 Å². The molecule has 0 fully saturated rings. The number of carbonyl (C=O) groups is 1. The highest BCUT2D eigenvalue weighted by molar-refractivity contribution is 7.80. The van der Waals surface area contributed by atoms with Crippen LogP contribution in [0, 0.1) is 11.6 Å². The normalized spacial score (nSPS) is 11.4. The largest absolute Gasteiger partial charge is 0.478 e. The summed E-state index contributed by atoms with van der Waals surface area (Å²) in [7, 11) is 0. The molecule has 0 heterocycles. The lowest BCUT2D eigenvalue weighted by atomic mass is 10.3. The fraction of sp³-hybridized carbons (Fsp3) is 0.333. The number of halogens is 2. The highest BCUT2D eigenvalue weighted by Crippen LogP contribution is 2.18. The average molecular weight is 303 g/mol. The van der Waals surface area contributed by atoms with Gasteiger partial charge in [0.15, 0.2) is 22.8 Å². The van der Waals surface area contributed by atoms with E-state index < -0.39 is 23.6 Å². The lowest BCUT2D eigenvalue weighted by Gasteiger charge is -2.16. The van der Waals surface area contributed by atoms with E-state index in [2.05, 4.69) is 16.2 Å². The molecule has 1 aromatic rings. The first-order valence-electron chi connectivity index (χ1n) is 5.89. The van der Waals surface area contributed by atoms with E-state index in [0.29, 0.717) is 12.6 Å². The molecule has 0 saturated carbocycles. The summed E-state index contributed by atoms with van der Waals surface area (Å²) in [4.78, 5) is 11.7. The minimum absolute atomic E-state index is 0.205. The molecule has 0 bridgehead atoms. The topological polar surface area (TPSA) is 62.4 Å². The van der Waals surface area contributed by atoms with Crippen LogP contribution in [0.3, 0.4) is 0 Å². The predicted molar refractivity (Wildman–Crippen MR) is 74.0 cm³/mol. The maximum absolute atomic E-state index is 13.3. The van der Waals surface area contributed by atoms with Crippen LogP contribution in [0.25, 0.3) is 0 Å². The van der Waals surface area contributed by atoms with Gasteiger partial charge in [-0.05, 0) is 38.2 Å². The Morgan fingerprint density at radius 1 is 1.40 bits per heavy atom. The maximum atomic E-state index is 13.3. The van der Waals surface area contributed by atoms with Gasteiger partial charge in [0, 0.05) is 12.6 Å². The molecule has 5 nitrogen and oxygen atoms in total. The van der Waals surface area contributed by atoms with Crippen molar-refractivity contribution < 1.29 is 18.3 Å². The number of ether oxygens (including phenoxy) is 1. The summed E-state index contributed by atoms with van der Waals surface area (Å²) >= 11 is 4.84. The van der Waals surface area contributed by atoms with E-state index in [1.165, 1.54) is 6.92 Å². The number of benzene rings is 1. The van der Waals surface area contributed by atoms with Crippen LogP contribution in [0.1, 0.15) is 13.8 Å². The summed E-state index contributed by atoms with van der Waals surface area (Å²) in [6.45, 7) is 3.88. The Bertz CT molecular complexity index is 500. The van der Waals surface area contributed by atoms with Gasteiger partial charge >= 0.3 is 0 Å². The van der Waals surface area contributed by atoms with Crippen LogP contribution < -0.4 is 20.9 Å². The summed E-state index contributed by atoms with van der Waals surface area (Å²) in [6, 6.07) is 2.84. The summed E-state index contributed by atoms with van der Waals surface area (Å²) < 4.78 is 31.2. The Hall–Kier alpha value is -1.96. The molecule has 0 radical (unpaired) electrons. The van der Waals surface area contributed by atoms with Crippen molar-refractivity contribution in [2.75, 3.05) is 6.54 Å². The maximum Gasteiger partial charge on any atom is 0.279 e. The predicted octanol–water partition coefficient (Wildman–Crippen LogP) is 1.25. The third-order valence-corrected chi connectivity index (χ3v) is 2.45. The van der Waals surface area contributed by atoms with Crippen molar-refractivity contribution in [3.63, 3.8) is 0 Å². The lowest BCUT2D eigenvalue weighted by Crippen LogP contribution is -2.50. The molecule has 1 atom stereocenters. The number of hydrazine groups is 1. The molecule has 0 aliphatic rings. The molecule has 1 aromatic carbocycles. The van der Waals surface area contributed by atoms with Gasteiger partial charge in [-0.3, -0.25) is 15.6 Å². The minimum Gasteiger partial charge on any atom is -0.478 e. The van der Waals surface area contributed by atoms with E-state index in [1.54, 1.807) is 0 Å². The van der Waals surface area contributed by atoms with Gasteiger partial charge < -0.3 is 10.1 Å². The standard InChI is InChI=1S/C12H15F2N3O2S/c1-3-15-12(20)17-16-11(18)7(2)19-10-5-4-8(13)6-9(10)14/h4-7H,3H2,1-2H3,(H,16,18)(H2,15,17,20). The van der Waals surface area contributed by atoms with E-state index in [9.17, 15) is 13.6 Å². The van der Waals surface area contributed by atoms with E-state index >= 15 is 0 Å². The van der Waals surface area contributed by atoms with Crippen LogP contribution in [0.4, 0.5) is 8.78 Å². The lowest BCUT2D eigenvalue weighted by molar-refractivity contribution is -0.127. The van der Waals surface area contributed by atoms with Crippen molar-refractivity contribution in [1.29, 1.82) is 0 Å². The first kappa shape index (κ1) is 16.1. The van der Waals surface area contributed by atoms with Gasteiger partial charge in [0.1, 0.15) is 5.82 Å². The quantitative estimate of drug-likeness (QED) is 0.577. The van der Waals surface area contributed by atoms with Gasteiger partial charge in [-0.1, -0.05) is 0 Å². The van der Waals surface area contributed by atoms with Crippen LogP contribution in [-0.4, -0.2) is 23.7 Å². The molecular weight excluding hydrogens is 288 g/mol. The zero-order chi connectivity index (χ0) is 15.1. The molecule has 0 aromatic heterocycles. The SMILES string of the molecule is CCNC(=S)NNC(=O)C(C)Oc1ccc(F)cc1F. The molecule has 0 saturated heterocycles. The molecular formula is C12H15F2N3O2S. The van der Waals surface area contributed by atoms with Crippen molar-refractivity contribution in [1.82, 2.24) is 16.2 Å². The number of hydrogen-bond donors (Lipinski definition) is 3. The van der Waals surface area contributed by atoms with Crippen molar-refractivity contribution in [3.05, 3.63) is 29.8 Å². The fourth-order valence-electron chi connectivity index (χ4n) is 1.24. The highest BCUT2D eigenvalue weighted by Gasteiger charge is 2.16. The number of nitrogens with one attached hydrogen (secondary N) is 3. The Morgan fingerprint density at radius 3 is 2.70 bits per heavy atom. The van der Waals surface area contributed by atoms with E-state index in [0.717, 1.165) is 12.1 Å². The number of hydrogen-bond acceptors (Lipinski definition) is 3. The smallest absolute Gasteiger partial charge is 0.279 e. The third kappa shape index (κ3) is 4.96. The second kappa shape index (κ2) is 7.59. The number of rotatable bonds is 4. The van der Waals surface area contributed by atoms with Gasteiger partial charge in [0.2, 0.25) is 0 Å². The molecule has 3 N–H and O–H groups in total. The number of amides is 1. The first-order chi connectivity index (χ1) is 9.43. The third-order valence-electron chi connectivity index (χ3n) is 2.20. The van der Waals surface area contributed by atoms with Gasteiger partial charge in [0.05, 0.1) is 0 Å². The molecule has 0 aliphatic heterocycles. The van der Waals surface area contributed by atoms with Crippen molar-refractivity contribution in [3.8, 4) is 5.75 Å². The molecule has 0 spiro atoms. The van der Waals surface area contributed by atoms with Crippen LogP contribution in [0.15, 0.2) is 18.2 Å². The van der Waals surface area contributed by atoms with Gasteiger partial charge in [-0.15, -0.1) is 0 Å². The minimum atomic E-state index is -0.980. The monoisotopic (exact) mass is 303 g/mol. The molecule has 1 unspecified atom stereocenters. The molecule has 20 heavy (non-hydrogen) atoms. The Kier molecular flexibility index (Phi) is 6.10. The molecule has 1 amide bonds. The van der Waals surface area contributed by atoms with Crippen LogP contribution in [-0.2, 0) is 4.79 Å². The molecule has 1 rings (SSSR count). The second-order valence-corrected chi connectivity index (χ2v) is 4.22. The number of thiocarbonyl (C=S) groups is 1. The summed E-state index contributed by atoms with van der Waals surface area (Å²) in [6.07, 6.45) is -0.980. The Balaban J connectivity index is 2.51. The van der Waals surface area contributed by atoms with Gasteiger partial charge in [0.25, 0.3) is 5.91 Å². The molecule has 8 heteroatoms. The van der Waals surface area contributed by atoms with Gasteiger partial charge in [-0.2, -0.15) is 0 Å². The Labute approximate surface area is 120 Å². The summed E-state index contributed by atoms with van der Waals surface area (Å²) in [5.74, 6) is -2.34.